The zero-order valence-electron chi connectivity index (χ0n) is 10.4. The van der Waals surface area contributed by atoms with E-state index in [-0.39, 0.29) is 5.69 Å². The summed E-state index contributed by atoms with van der Waals surface area (Å²) < 4.78 is 38.2. The number of piperidine rings is 1. The largest absolute Gasteiger partial charge is 0.471 e. The SMILES string of the molecule is Cc1[nH]ncc1N(C(=O)C(F)(F)F)C1CCCNC1. The van der Waals surface area contributed by atoms with E-state index in [1.807, 2.05) is 0 Å². The first-order valence-corrected chi connectivity index (χ1v) is 6.02. The van der Waals surface area contributed by atoms with Gasteiger partial charge in [0, 0.05) is 12.6 Å². The summed E-state index contributed by atoms with van der Waals surface area (Å²) in [5.41, 5.74) is 0.638. The van der Waals surface area contributed by atoms with Gasteiger partial charge in [-0.2, -0.15) is 18.3 Å². The molecule has 0 aromatic carbocycles. The average Bonchev–Trinajstić information content (AvgIpc) is 2.76. The van der Waals surface area contributed by atoms with E-state index < -0.39 is 18.1 Å². The number of aromatic amines is 1. The van der Waals surface area contributed by atoms with Crippen LogP contribution in [0.15, 0.2) is 6.20 Å². The molecule has 1 amide bonds. The Morgan fingerprint density at radius 2 is 2.26 bits per heavy atom. The Balaban J connectivity index is 2.33. The van der Waals surface area contributed by atoms with E-state index >= 15 is 0 Å². The van der Waals surface area contributed by atoms with Crippen molar-refractivity contribution in [2.24, 2.45) is 0 Å². The lowest BCUT2D eigenvalue weighted by Gasteiger charge is -2.34. The summed E-state index contributed by atoms with van der Waals surface area (Å²) >= 11 is 0. The van der Waals surface area contributed by atoms with Crippen molar-refractivity contribution in [2.75, 3.05) is 18.0 Å². The van der Waals surface area contributed by atoms with Gasteiger partial charge < -0.3 is 5.32 Å². The highest BCUT2D eigenvalue weighted by Gasteiger charge is 2.46. The third kappa shape index (κ3) is 2.89. The van der Waals surface area contributed by atoms with E-state index in [2.05, 4.69) is 15.5 Å². The van der Waals surface area contributed by atoms with Gasteiger partial charge in [0.25, 0.3) is 0 Å². The fraction of sp³-hybridized carbons (Fsp3) is 0.636. The van der Waals surface area contributed by atoms with Crippen LogP contribution in [0, 0.1) is 6.92 Å². The number of nitrogens with zero attached hydrogens (tertiary/aromatic N) is 2. The monoisotopic (exact) mass is 276 g/mol. The smallest absolute Gasteiger partial charge is 0.315 e. The summed E-state index contributed by atoms with van der Waals surface area (Å²) in [5.74, 6) is -1.84. The quantitative estimate of drug-likeness (QED) is 0.857. The van der Waals surface area contributed by atoms with E-state index in [4.69, 9.17) is 0 Å². The molecule has 1 saturated heterocycles. The summed E-state index contributed by atoms with van der Waals surface area (Å²) in [4.78, 5) is 12.5. The molecule has 1 aliphatic heterocycles. The van der Waals surface area contributed by atoms with E-state index in [1.54, 1.807) is 6.92 Å². The van der Waals surface area contributed by atoms with Gasteiger partial charge in [-0.3, -0.25) is 14.8 Å². The summed E-state index contributed by atoms with van der Waals surface area (Å²) in [6, 6.07) is -0.501. The Bertz CT molecular complexity index is 451. The second-order valence-corrected chi connectivity index (χ2v) is 4.55. The number of hydrogen-bond acceptors (Lipinski definition) is 3. The minimum atomic E-state index is -4.89. The third-order valence-corrected chi connectivity index (χ3v) is 3.16. The minimum Gasteiger partial charge on any atom is -0.315 e. The molecule has 5 nitrogen and oxygen atoms in total. The number of nitrogens with one attached hydrogen (secondary N) is 2. The Kier molecular flexibility index (Phi) is 3.79. The summed E-state index contributed by atoms with van der Waals surface area (Å²) in [6.07, 6.45) is -2.35. The molecule has 1 aliphatic rings. The van der Waals surface area contributed by atoms with E-state index in [0.29, 0.717) is 18.7 Å². The predicted octanol–water partition coefficient (Wildman–Crippen LogP) is 1.37. The molecular weight excluding hydrogens is 261 g/mol. The highest BCUT2D eigenvalue weighted by molar-refractivity contribution is 5.98. The summed E-state index contributed by atoms with van der Waals surface area (Å²) in [5, 5.41) is 9.27. The number of rotatable bonds is 2. The molecular formula is C11H15F3N4O. The normalized spacial score (nSPS) is 20.3. The van der Waals surface area contributed by atoms with E-state index in [1.165, 1.54) is 6.20 Å². The Hall–Kier alpha value is -1.57. The molecule has 1 aromatic heterocycles. The van der Waals surface area contributed by atoms with Crippen molar-refractivity contribution in [3.05, 3.63) is 11.9 Å². The zero-order chi connectivity index (χ0) is 14.0. The molecule has 0 spiro atoms. The predicted molar refractivity (Wildman–Crippen MR) is 62.8 cm³/mol. The maximum Gasteiger partial charge on any atom is 0.471 e. The van der Waals surface area contributed by atoms with E-state index in [9.17, 15) is 18.0 Å². The van der Waals surface area contributed by atoms with Gasteiger partial charge in [-0.15, -0.1) is 0 Å². The highest BCUT2D eigenvalue weighted by atomic mass is 19.4. The molecule has 0 aliphatic carbocycles. The molecule has 8 heteroatoms. The first-order valence-electron chi connectivity index (χ1n) is 6.02. The van der Waals surface area contributed by atoms with Crippen LogP contribution in [-0.2, 0) is 4.79 Å². The number of carbonyl (C=O) groups excluding carboxylic acids is 1. The van der Waals surface area contributed by atoms with Crippen LogP contribution in [0.5, 0.6) is 0 Å². The van der Waals surface area contributed by atoms with Crippen LogP contribution >= 0.6 is 0 Å². The number of hydrogen-bond donors (Lipinski definition) is 2. The number of anilines is 1. The lowest BCUT2D eigenvalue weighted by molar-refractivity contribution is -0.171. The maximum atomic E-state index is 12.7. The molecule has 0 bridgehead atoms. The van der Waals surface area contributed by atoms with Gasteiger partial charge in [0.2, 0.25) is 0 Å². The van der Waals surface area contributed by atoms with Gasteiger partial charge in [-0.25, -0.2) is 0 Å². The Morgan fingerprint density at radius 3 is 2.74 bits per heavy atom. The molecule has 2 rings (SSSR count). The zero-order valence-corrected chi connectivity index (χ0v) is 10.4. The van der Waals surface area contributed by atoms with Crippen molar-refractivity contribution >= 4 is 11.6 Å². The van der Waals surface area contributed by atoms with Crippen LogP contribution in [-0.4, -0.2) is 41.4 Å². The lowest BCUT2D eigenvalue weighted by atomic mass is 10.0. The fourth-order valence-corrected chi connectivity index (χ4v) is 2.25. The van der Waals surface area contributed by atoms with Gasteiger partial charge >= 0.3 is 12.1 Å². The Morgan fingerprint density at radius 1 is 1.53 bits per heavy atom. The van der Waals surface area contributed by atoms with Crippen LogP contribution in [0.3, 0.4) is 0 Å². The number of H-pyrrole nitrogens is 1. The van der Waals surface area contributed by atoms with Gasteiger partial charge in [0.1, 0.15) is 0 Å². The fourth-order valence-electron chi connectivity index (χ4n) is 2.25. The first kappa shape index (κ1) is 13.9. The van der Waals surface area contributed by atoms with Gasteiger partial charge in [0.15, 0.2) is 0 Å². The lowest BCUT2D eigenvalue weighted by Crippen LogP contribution is -2.53. The van der Waals surface area contributed by atoms with Crippen molar-refractivity contribution in [3.63, 3.8) is 0 Å². The van der Waals surface area contributed by atoms with Crippen molar-refractivity contribution < 1.29 is 18.0 Å². The molecule has 106 valence electrons. The Labute approximate surface area is 108 Å². The summed E-state index contributed by atoms with van der Waals surface area (Å²) in [7, 11) is 0. The molecule has 1 atom stereocenters. The topological polar surface area (TPSA) is 61.0 Å². The molecule has 2 N–H and O–H groups in total. The van der Waals surface area contributed by atoms with Crippen molar-refractivity contribution in [1.29, 1.82) is 0 Å². The maximum absolute atomic E-state index is 12.7. The van der Waals surface area contributed by atoms with Crippen molar-refractivity contribution in [2.45, 2.75) is 32.0 Å². The summed E-state index contributed by atoms with van der Waals surface area (Å²) in [6.45, 7) is 2.70. The van der Waals surface area contributed by atoms with Crippen LogP contribution in [0.4, 0.5) is 18.9 Å². The third-order valence-electron chi connectivity index (χ3n) is 3.16. The average molecular weight is 276 g/mol. The number of alkyl halides is 3. The van der Waals surface area contributed by atoms with Crippen LogP contribution < -0.4 is 10.2 Å². The second kappa shape index (κ2) is 5.20. The van der Waals surface area contributed by atoms with Gasteiger partial charge in [-0.05, 0) is 26.3 Å². The molecule has 1 aromatic rings. The van der Waals surface area contributed by atoms with Crippen molar-refractivity contribution in [3.8, 4) is 0 Å². The molecule has 1 fully saturated rings. The van der Waals surface area contributed by atoms with Crippen molar-refractivity contribution in [1.82, 2.24) is 15.5 Å². The molecule has 0 radical (unpaired) electrons. The number of amides is 1. The van der Waals surface area contributed by atoms with Gasteiger partial charge in [0.05, 0.1) is 17.6 Å². The number of aryl methyl sites for hydroxylation is 1. The molecule has 2 heterocycles. The van der Waals surface area contributed by atoms with E-state index in [0.717, 1.165) is 17.9 Å². The standard InChI is InChI=1S/C11H15F3N4O/c1-7-9(6-16-17-7)18(10(19)11(12,13)14)8-3-2-4-15-5-8/h6,8,15H,2-5H2,1H3,(H,16,17). The first-order chi connectivity index (χ1) is 8.91. The number of aromatic nitrogens is 2. The van der Waals surface area contributed by atoms with Crippen LogP contribution in [0.25, 0.3) is 0 Å². The molecule has 19 heavy (non-hydrogen) atoms. The minimum absolute atomic E-state index is 0.191. The second-order valence-electron chi connectivity index (χ2n) is 4.55. The van der Waals surface area contributed by atoms with Crippen LogP contribution in [0.2, 0.25) is 0 Å². The number of halogens is 3. The molecule has 1 unspecified atom stereocenters. The highest BCUT2D eigenvalue weighted by Crippen LogP contribution is 2.28. The number of carbonyl (C=O) groups is 1. The molecule has 0 saturated carbocycles. The van der Waals surface area contributed by atoms with Crippen LogP contribution in [0.1, 0.15) is 18.5 Å². The van der Waals surface area contributed by atoms with Gasteiger partial charge in [-0.1, -0.05) is 0 Å².